The molecule has 1 aliphatic rings. The van der Waals surface area contributed by atoms with E-state index in [0.29, 0.717) is 24.7 Å². The number of amides is 1. The van der Waals surface area contributed by atoms with E-state index in [0.717, 1.165) is 31.3 Å². The number of benzene rings is 2. The molecular weight excluding hydrogens is 497 g/mol. The summed E-state index contributed by atoms with van der Waals surface area (Å²) < 4.78 is 47.7. The minimum atomic E-state index is -4.55. The quantitative estimate of drug-likeness (QED) is 0.425. The number of likely N-dealkylation sites (N-methyl/N-ethyl adjacent to an activating group) is 1. The van der Waals surface area contributed by atoms with Crippen LogP contribution in [0.4, 0.5) is 24.7 Å². The number of hydrogen-bond donors (Lipinski definition) is 2. The molecule has 1 aliphatic heterocycles. The Labute approximate surface area is 219 Å². The number of nitrogens with zero attached hydrogens (tertiary/aromatic N) is 4. The van der Waals surface area contributed by atoms with Crippen molar-refractivity contribution in [2.45, 2.75) is 26.6 Å². The van der Waals surface area contributed by atoms with Gasteiger partial charge in [-0.25, -0.2) is 9.97 Å². The fraction of sp³-hybridized carbons (Fsp3) is 0.370. The van der Waals surface area contributed by atoms with Crippen LogP contribution in [-0.2, 0) is 12.7 Å². The molecular formula is C27H31F3N6O2. The largest absolute Gasteiger partial charge is 0.439 e. The van der Waals surface area contributed by atoms with Crippen LogP contribution in [0.1, 0.15) is 34.0 Å². The number of piperazine rings is 1. The van der Waals surface area contributed by atoms with Crippen LogP contribution in [0.5, 0.6) is 11.6 Å². The van der Waals surface area contributed by atoms with Gasteiger partial charge in [0.05, 0.1) is 5.56 Å². The highest BCUT2D eigenvalue weighted by Crippen LogP contribution is 2.35. The van der Waals surface area contributed by atoms with E-state index in [1.165, 1.54) is 24.5 Å². The molecule has 0 unspecified atom stereocenters. The lowest BCUT2D eigenvalue weighted by atomic mass is 10.0. The minimum Gasteiger partial charge on any atom is -0.439 e. The Morgan fingerprint density at radius 1 is 1.03 bits per heavy atom. The topological polar surface area (TPSA) is 82.6 Å². The number of rotatable bonds is 8. The van der Waals surface area contributed by atoms with Crippen LogP contribution in [-0.4, -0.2) is 65.4 Å². The zero-order chi connectivity index (χ0) is 27.3. The molecule has 1 saturated heterocycles. The van der Waals surface area contributed by atoms with Gasteiger partial charge in [-0.3, -0.25) is 9.69 Å². The van der Waals surface area contributed by atoms with E-state index >= 15 is 0 Å². The maximum Gasteiger partial charge on any atom is 0.416 e. The van der Waals surface area contributed by atoms with Crippen LogP contribution >= 0.6 is 0 Å². The van der Waals surface area contributed by atoms with Gasteiger partial charge in [-0.2, -0.15) is 13.2 Å². The Balaban J connectivity index is 1.50. The van der Waals surface area contributed by atoms with Crippen molar-refractivity contribution in [1.29, 1.82) is 0 Å². The van der Waals surface area contributed by atoms with Gasteiger partial charge in [-0.1, -0.05) is 19.1 Å². The average Bonchev–Trinajstić information content (AvgIpc) is 2.90. The smallest absolute Gasteiger partial charge is 0.416 e. The van der Waals surface area contributed by atoms with Gasteiger partial charge < -0.3 is 20.3 Å². The van der Waals surface area contributed by atoms with Gasteiger partial charge in [-0.05, 0) is 48.9 Å². The standard InChI is InChI=1S/C27H31F3N6O2/c1-4-35-9-11-36(12-10-35)16-20-7-8-21(14-22(20)27(28,29)30)34-26(37)19-6-5-18(2)23(13-19)38-25-15-24(31-3)32-17-33-25/h5-8,13-15,17H,4,9-12,16H2,1-3H3,(H,34,37)(H,31,32,33). The zero-order valence-electron chi connectivity index (χ0n) is 21.6. The van der Waals surface area contributed by atoms with Gasteiger partial charge >= 0.3 is 6.18 Å². The van der Waals surface area contributed by atoms with Crippen LogP contribution in [0.2, 0.25) is 0 Å². The Kier molecular flexibility index (Phi) is 8.48. The third-order valence-electron chi connectivity index (χ3n) is 6.54. The molecule has 4 rings (SSSR count). The summed E-state index contributed by atoms with van der Waals surface area (Å²) in [5, 5.41) is 5.48. The molecule has 8 nitrogen and oxygen atoms in total. The molecule has 0 aliphatic carbocycles. The van der Waals surface area contributed by atoms with E-state index in [-0.39, 0.29) is 29.2 Å². The monoisotopic (exact) mass is 528 g/mol. The second-order valence-electron chi connectivity index (χ2n) is 9.11. The summed E-state index contributed by atoms with van der Waals surface area (Å²) in [6.07, 6.45) is -3.20. The fourth-order valence-electron chi connectivity index (χ4n) is 4.26. The average molecular weight is 529 g/mol. The molecule has 0 spiro atoms. The number of ether oxygens (including phenoxy) is 1. The molecule has 1 amide bonds. The Morgan fingerprint density at radius 3 is 2.45 bits per heavy atom. The van der Waals surface area contributed by atoms with Crippen LogP contribution in [0, 0.1) is 6.92 Å². The number of anilines is 2. The Morgan fingerprint density at radius 2 is 1.76 bits per heavy atom. The summed E-state index contributed by atoms with van der Waals surface area (Å²) in [5.74, 6) is 0.693. The maximum absolute atomic E-state index is 13.9. The van der Waals surface area contributed by atoms with Crippen molar-refractivity contribution in [1.82, 2.24) is 19.8 Å². The van der Waals surface area contributed by atoms with Gasteiger partial charge in [0.15, 0.2) is 0 Å². The molecule has 11 heteroatoms. The lowest BCUT2D eigenvalue weighted by Crippen LogP contribution is -2.45. The summed E-state index contributed by atoms with van der Waals surface area (Å²) in [5.41, 5.74) is 0.511. The molecule has 38 heavy (non-hydrogen) atoms. The van der Waals surface area contributed by atoms with E-state index in [1.807, 2.05) is 11.8 Å². The van der Waals surface area contributed by atoms with Crippen LogP contribution in [0.25, 0.3) is 0 Å². The normalized spacial score (nSPS) is 14.8. The first-order chi connectivity index (χ1) is 18.2. The molecule has 1 fully saturated rings. The Hall–Kier alpha value is -3.70. The van der Waals surface area contributed by atoms with Crippen LogP contribution in [0.15, 0.2) is 48.8 Å². The number of carbonyl (C=O) groups excluding carboxylic acids is 1. The van der Waals surface area contributed by atoms with Gasteiger partial charge in [0.1, 0.15) is 17.9 Å². The molecule has 0 atom stereocenters. The third-order valence-corrected chi connectivity index (χ3v) is 6.54. The molecule has 0 bridgehead atoms. The Bertz CT molecular complexity index is 1280. The summed E-state index contributed by atoms with van der Waals surface area (Å²) in [6, 6.07) is 10.4. The number of halogens is 3. The molecule has 0 saturated carbocycles. The van der Waals surface area contributed by atoms with Crippen molar-refractivity contribution in [3.63, 3.8) is 0 Å². The SMILES string of the molecule is CCN1CCN(Cc2ccc(NC(=O)c3ccc(C)c(Oc4cc(NC)ncn4)c3)cc2C(F)(F)F)CC1. The predicted octanol–water partition coefficient (Wildman–Crippen LogP) is 5.03. The van der Waals surface area contributed by atoms with Gasteiger partial charge in [-0.15, -0.1) is 0 Å². The summed E-state index contributed by atoms with van der Waals surface area (Å²) in [4.78, 5) is 25.4. The van der Waals surface area contributed by atoms with E-state index in [9.17, 15) is 18.0 Å². The molecule has 1 aromatic heterocycles. The number of carbonyl (C=O) groups is 1. The number of aryl methyl sites for hydroxylation is 1. The zero-order valence-corrected chi connectivity index (χ0v) is 21.6. The number of hydrogen-bond acceptors (Lipinski definition) is 7. The number of alkyl halides is 3. The van der Waals surface area contributed by atoms with Gasteiger partial charge in [0, 0.05) is 57.1 Å². The van der Waals surface area contributed by atoms with Crippen molar-refractivity contribution in [2.24, 2.45) is 0 Å². The summed E-state index contributed by atoms with van der Waals surface area (Å²) >= 11 is 0. The molecule has 2 N–H and O–H groups in total. The second kappa shape index (κ2) is 11.8. The maximum atomic E-state index is 13.9. The lowest BCUT2D eigenvalue weighted by Gasteiger charge is -2.34. The molecule has 3 aromatic rings. The second-order valence-corrected chi connectivity index (χ2v) is 9.11. The van der Waals surface area contributed by atoms with Gasteiger partial charge in [0.25, 0.3) is 5.91 Å². The highest BCUT2D eigenvalue weighted by molar-refractivity contribution is 6.04. The number of nitrogens with one attached hydrogen (secondary N) is 2. The predicted molar refractivity (Wildman–Crippen MR) is 140 cm³/mol. The summed E-state index contributed by atoms with van der Waals surface area (Å²) in [7, 11) is 1.71. The first-order valence-electron chi connectivity index (χ1n) is 12.4. The van der Waals surface area contributed by atoms with E-state index in [1.54, 1.807) is 25.2 Å². The van der Waals surface area contributed by atoms with Crippen LogP contribution < -0.4 is 15.4 Å². The van der Waals surface area contributed by atoms with E-state index < -0.39 is 17.6 Å². The van der Waals surface area contributed by atoms with E-state index in [2.05, 4.69) is 32.4 Å². The van der Waals surface area contributed by atoms with Crippen LogP contribution in [0.3, 0.4) is 0 Å². The lowest BCUT2D eigenvalue weighted by molar-refractivity contribution is -0.138. The highest BCUT2D eigenvalue weighted by Gasteiger charge is 2.34. The molecule has 0 radical (unpaired) electrons. The molecule has 2 heterocycles. The summed E-state index contributed by atoms with van der Waals surface area (Å²) in [6.45, 7) is 8.13. The van der Waals surface area contributed by atoms with Crippen molar-refractivity contribution < 1.29 is 22.7 Å². The van der Waals surface area contributed by atoms with Gasteiger partial charge in [0.2, 0.25) is 5.88 Å². The molecule has 2 aromatic carbocycles. The van der Waals surface area contributed by atoms with Crippen molar-refractivity contribution in [2.75, 3.05) is 50.4 Å². The first kappa shape index (κ1) is 27.3. The third kappa shape index (κ3) is 6.78. The van der Waals surface area contributed by atoms with Crippen molar-refractivity contribution in [3.05, 3.63) is 71.0 Å². The molecule has 202 valence electrons. The first-order valence-corrected chi connectivity index (χ1v) is 12.4. The van der Waals surface area contributed by atoms with Crippen molar-refractivity contribution in [3.8, 4) is 11.6 Å². The minimum absolute atomic E-state index is 0.0689. The number of aromatic nitrogens is 2. The fourth-order valence-corrected chi connectivity index (χ4v) is 4.26. The van der Waals surface area contributed by atoms with Crippen molar-refractivity contribution >= 4 is 17.4 Å². The van der Waals surface area contributed by atoms with E-state index in [4.69, 9.17) is 4.74 Å². The highest BCUT2D eigenvalue weighted by atomic mass is 19.4.